The predicted molar refractivity (Wildman–Crippen MR) is 74.1 cm³/mol. The third-order valence-electron chi connectivity index (χ3n) is 2.41. The molecule has 0 amide bonds. The number of alkyl halides is 5. The monoisotopic (exact) mass is 365 g/mol. The molecule has 3 nitrogen and oxygen atoms in total. The second-order valence-corrected chi connectivity index (χ2v) is 5.08. The molecule has 126 valence electrons. The van der Waals surface area contributed by atoms with Gasteiger partial charge in [-0.25, -0.2) is 4.79 Å². The summed E-state index contributed by atoms with van der Waals surface area (Å²) < 4.78 is 68.0. The molecular weight excluding hydrogens is 353 g/mol. The summed E-state index contributed by atoms with van der Waals surface area (Å²) >= 11 is -0.377. The minimum atomic E-state index is -4.47. The Morgan fingerprint density at radius 2 is 1.73 bits per heavy atom. The quantitative estimate of drug-likeness (QED) is 0.488. The molecular formula is C12H13ClF5NO2S. The Hall–Kier alpha value is -1.06. The van der Waals surface area contributed by atoms with Gasteiger partial charge in [-0.2, -0.15) is 22.0 Å². The molecule has 22 heavy (non-hydrogen) atoms. The molecule has 0 saturated carbocycles. The summed E-state index contributed by atoms with van der Waals surface area (Å²) in [5.74, 6) is -5.74. The van der Waals surface area contributed by atoms with Gasteiger partial charge in [0.1, 0.15) is 6.04 Å². The first-order chi connectivity index (χ1) is 9.58. The molecule has 0 aliphatic heterocycles. The fourth-order valence-electron chi connectivity index (χ4n) is 1.44. The van der Waals surface area contributed by atoms with Gasteiger partial charge in [-0.05, 0) is 36.4 Å². The Bertz CT molecular complexity index is 495. The van der Waals surface area contributed by atoms with Crippen LogP contribution in [0.15, 0.2) is 29.2 Å². The van der Waals surface area contributed by atoms with E-state index in [1.54, 1.807) is 0 Å². The highest BCUT2D eigenvalue weighted by Gasteiger charge is 2.47. The van der Waals surface area contributed by atoms with Gasteiger partial charge in [0.05, 0.1) is 6.61 Å². The summed E-state index contributed by atoms with van der Waals surface area (Å²) in [6.07, 6.45) is 0. The van der Waals surface area contributed by atoms with Crippen molar-refractivity contribution >= 4 is 30.1 Å². The van der Waals surface area contributed by atoms with Crippen LogP contribution in [0.3, 0.4) is 0 Å². The lowest BCUT2D eigenvalue weighted by Gasteiger charge is -2.22. The fraction of sp³-hybridized carbons (Fsp3) is 0.417. The normalized spacial score (nSPS) is 13.2. The lowest BCUT2D eigenvalue weighted by atomic mass is 10.0. The molecule has 0 spiro atoms. The Kier molecular flexibility index (Phi) is 7.60. The topological polar surface area (TPSA) is 52.3 Å². The van der Waals surface area contributed by atoms with E-state index >= 15 is 0 Å². The Morgan fingerprint density at radius 3 is 2.14 bits per heavy atom. The summed E-state index contributed by atoms with van der Waals surface area (Å²) in [6, 6.07) is 2.06. The molecule has 1 atom stereocenters. The largest absolute Gasteiger partial charge is 0.462 e. The molecule has 2 N–H and O–H groups in total. The number of ether oxygens (including phenoxy) is 1. The number of hydrogen-bond donors (Lipinski definition) is 1. The van der Waals surface area contributed by atoms with Crippen LogP contribution in [0.5, 0.6) is 0 Å². The molecule has 0 bridgehead atoms. The highest BCUT2D eigenvalue weighted by Crippen LogP contribution is 2.38. The van der Waals surface area contributed by atoms with Crippen molar-refractivity contribution in [3.8, 4) is 0 Å². The molecule has 0 fully saturated rings. The van der Waals surface area contributed by atoms with Gasteiger partial charge in [0.2, 0.25) is 0 Å². The number of esters is 1. The molecule has 0 heterocycles. The van der Waals surface area contributed by atoms with Gasteiger partial charge in [-0.3, -0.25) is 0 Å². The van der Waals surface area contributed by atoms with Gasteiger partial charge in [0.25, 0.3) is 0 Å². The summed E-state index contributed by atoms with van der Waals surface area (Å²) in [5.41, 5.74) is 0.661. The maximum atomic E-state index is 13.7. The van der Waals surface area contributed by atoms with Crippen LogP contribution >= 0.6 is 24.2 Å². The summed E-state index contributed by atoms with van der Waals surface area (Å²) in [6.45, 7) is 1.13. The van der Waals surface area contributed by atoms with Crippen molar-refractivity contribution in [2.45, 2.75) is 29.3 Å². The molecule has 0 radical (unpaired) electrons. The molecule has 0 aromatic heterocycles. The van der Waals surface area contributed by atoms with Crippen molar-refractivity contribution in [3.05, 3.63) is 29.8 Å². The number of thioether (sulfide) groups is 1. The average molecular weight is 366 g/mol. The van der Waals surface area contributed by atoms with E-state index in [1.807, 2.05) is 0 Å². The predicted octanol–water partition coefficient (Wildman–Crippen LogP) is 3.92. The highest BCUT2D eigenvalue weighted by molar-refractivity contribution is 8.00. The van der Waals surface area contributed by atoms with Crippen LogP contribution in [-0.4, -0.2) is 24.0 Å². The lowest BCUT2D eigenvalue weighted by molar-refractivity contribution is -0.174. The first kappa shape index (κ1) is 20.9. The van der Waals surface area contributed by atoms with Crippen LogP contribution in [0.1, 0.15) is 18.5 Å². The van der Waals surface area contributed by atoms with Crippen molar-refractivity contribution in [2.24, 2.45) is 5.73 Å². The number of carbonyl (C=O) groups excluding carboxylic acids is 1. The summed E-state index contributed by atoms with van der Waals surface area (Å²) in [5, 5.41) is 0. The van der Waals surface area contributed by atoms with E-state index in [4.69, 9.17) is 5.73 Å². The summed E-state index contributed by atoms with van der Waals surface area (Å²) in [4.78, 5) is 11.0. The fourth-order valence-corrected chi connectivity index (χ4v) is 1.98. The minimum Gasteiger partial charge on any atom is -0.462 e. The lowest BCUT2D eigenvalue weighted by Crippen LogP contribution is -2.41. The van der Waals surface area contributed by atoms with Crippen LogP contribution in [0.4, 0.5) is 22.0 Å². The Balaban J connectivity index is 0.00000441. The van der Waals surface area contributed by atoms with Crippen LogP contribution in [0, 0.1) is 0 Å². The van der Waals surface area contributed by atoms with Crippen LogP contribution in [0.25, 0.3) is 0 Å². The van der Waals surface area contributed by atoms with E-state index in [0.29, 0.717) is 0 Å². The van der Waals surface area contributed by atoms with E-state index in [1.165, 1.54) is 6.92 Å². The van der Waals surface area contributed by atoms with Crippen LogP contribution in [0.2, 0.25) is 0 Å². The first-order valence-electron chi connectivity index (χ1n) is 5.74. The van der Waals surface area contributed by atoms with Gasteiger partial charge in [-0.15, -0.1) is 12.4 Å². The number of benzene rings is 1. The number of nitrogens with two attached hydrogens (primary N) is 1. The van der Waals surface area contributed by atoms with Crippen molar-refractivity contribution in [2.75, 3.05) is 6.61 Å². The smallest absolute Gasteiger partial charge is 0.446 e. The Labute approximate surface area is 133 Å². The van der Waals surface area contributed by atoms with Gasteiger partial charge in [0.15, 0.2) is 0 Å². The number of rotatable bonds is 5. The van der Waals surface area contributed by atoms with E-state index < -0.39 is 23.4 Å². The average Bonchev–Trinajstić information content (AvgIpc) is 2.37. The third kappa shape index (κ3) is 5.62. The summed E-state index contributed by atoms with van der Waals surface area (Å²) in [7, 11) is 0. The second kappa shape index (κ2) is 7.98. The SMILES string of the molecule is CCOC(=O)C(F)(F)[C@@H](N)c1ccc(SC(F)(F)F)cc1.Cl. The van der Waals surface area contributed by atoms with Crippen molar-refractivity contribution < 1.29 is 31.5 Å². The minimum absolute atomic E-state index is 0. The zero-order valence-corrected chi connectivity index (χ0v) is 12.8. The van der Waals surface area contributed by atoms with E-state index in [9.17, 15) is 26.7 Å². The van der Waals surface area contributed by atoms with Gasteiger partial charge in [-0.1, -0.05) is 12.1 Å². The number of carbonyl (C=O) groups is 1. The second-order valence-electron chi connectivity index (χ2n) is 3.94. The van der Waals surface area contributed by atoms with Crippen molar-refractivity contribution in [1.82, 2.24) is 0 Å². The molecule has 0 aliphatic rings. The van der Waals surface area contributed by atoms with Crippen molar-refractivity contribution in [1.29, 1.82) is 0 Å². The van der Waals surface area contributed by atoms with E-state index in [-0.39, 0.29) is 41.2 Å². The molecule has 1 aromatic carbocycles. The van der Waals surface area contributed by atoms with Crippen molar-refractivity contribution in [3.63, 3.8) is 0 Å². The third-order valence-corrected chi connectivity index (χ3v) is 3.15. The van der Waals surface area contributed by atoms with Gasteiger partial charge >= 0.3 is 17.4 Å². The van der Waals surface area contributed by atoms with Crippen LogP contribution in [-0.2, 0) is 9.53 Å². The highest BCUT2D eigenvalue weighted by atomic mass is 35.5. The first-order valence-corrected chi connectivity index (χ1v) is 6.56. The van der Waals surface area contributed by atoms with Gasteiger partial charge in [0, 0.05) is 4.90 Å². The maximum Gasteiger partial charge on any atom is 0.446 e. The van der Waals surface area contributed by atoms with Gasteiger partial charge < -0.3 is 10.5 Å². The standard InChI is InChI=1S/C12H12F5NO2S.ClH/c1-2-20-10(19)11(13,14)9(18)7-3-5-8(6-4-7)21-12(15,16)17;/h3-6,9H,2,18H2,1H3;1H/t9-;/m0./s1. The number of hydrogen-bond acceptors (Lipinski definition) is 4. The molecule has 0 saturated heterocycles. The Morgan fingerprint density at radius 1 is 1.23 bits per heavy atom. The molecule has 1 aromatic rings. The van der Waals surface area contributed by atoms with E-state index in [0.717, 1.165) is 24.3 Å². The zero-order chi connectivity index (χ0) is 16.3. The molecule has 1 rings (SSSR count). The molecule has 0 aliphatic carbocycles. The van der Waals surface area contributed by atoms with Crippen LogP contribution < -0.4 is 5.73 Å². The maximum absolute atomic E-state index is 13.7. The zero-order valence-electron chi connectivity index (χ0n) is 11.2. The number of halogens is 6. The molecule has 0 unspecified atom stereocenters. The van der Waals surface area contributed by atoms with E-state index in [2.05, 4.69) is 4.74 Å². The molecule has 10 heteroatoms.